The number of nitrogens with zero attached hydrogens (tertiary/aromatic N) is 2. The molecule has 0 bridgehead atoms. The monoisotopic (exact) mass is 427 g/mol. The highest BCUT2D eigenvalue weighted by Crippen LogP contribution is 2.33. The number of non-ortho nitro benzene ring substituents is 1. The molecule has 0 radical (unpaired) electrons. The molecule has 0 unspecified atom stereocenters. The molecule has 0 aromatic heterocycles. The predicted octanol–water partition coefficient (Wildman–Crippen LogP) is 4.79. The molecule has 1 fully saturated rings. The molecule has 2 aliphatic rings. The van der Waals surface area contributed by atoms with Crippen LogP contribution in [0.25, 0.3) is 5.57 Å². The minimum atomic E-state index is -0.415. The van der Waals surface area contributed by atoms with Gasteiger partial charge in [0.1, 0.15) is 24.8 Å². The van der Waals surface area contributed by atoms with Crippen molar-refractivity contribution in [1.82, 2.24) is 5.32 Å². The van der Waals surface area contributed by atoms with E-state index < -0.39 is 4.92 Å². The molecule has 1 N–H and O–H groups in total. The molecule has 7 heteroatoms. The number of hydrogen-bond acceptors (Lipinski definition) is 6. The first kappa shape index (κ1) is 19.8. The molecule has 2 heterocycles. The Morgan fingerprint density at radius 1 is 0.875 bits per heavy atom. The number of benzene rings is 3. The van der Waals surface area contributed by atoms with Crippen molar-refractivity contribution < 1.29 is 14.4 Å². The predicted molar refractivity (Wildman–Crippen MR) is 121 cm³/mol. The number of aliphatic imine (C=N–C) groups is 1. The lowest BCUT2D eigenvalue weighted by Crippen LogP contribution is -2.17. The third-order valence-electron chi connectivity index (χ3n) is 5.54. The lowest BCUT2D eigenvalue weighted by molar-refractivity contribution is -0.384. The summed E-state index contributed by atoms with van der Waals surface area (Å²) in [4.78, 5) is 15.5. The molecule has 2 atom stereocenters. The minimum absolute atomic E-state index is 0.00817. The van der Waals surface area contributed by atoms with Crippen LogP contribution in [0, 0.1) is 10.1 Å². The molecule has 0 aliphatic carbocycles. The second-order valence-corrected chi connectivity index (χ2v) is 7.60. The van der Waals surface area contributed by atoms with Crippen LogP contribution in [0.2, 0.25) is 0 Å². The number of nitro benzene ring substituents is 1. The average Bonchev–Trinajstić information content (AvgIpc) is 3.52. The normalized spacial score (nSPS) is 21.2. The summed E-state index contributed by atoms with van der Waals surface area (Å²) in [5, 5.41) is 14.5. The van der Waals surface area contributed by atoms with Crippen LogP contribution in [0.4, 0.5) is 5.69 Å². The first-order chi connectivity index (χ1) is 15.7. The van der Waals surface area contributed by atoms with Gasteiger partial charge in [-0.3, -0.25) is 10.1 Å². The van der Waals surface area contributed by atoms with E-state index in [1.807, 2.05) is 60.7 Å². The van der Waals surface area contributed by atoms with E-state index in [4.69, 9.17) is 14.5 Å². The van der Waals surface area contributed by atoms with Crippen molar-refractivity contribution in [2.75, 3.05) is 13.2 Å². The summed E-state index contributed by atoms with van der Waals surface area (Å²) in [6.45, 7) is 0.885. The first-order valence-electron chi connectivity index (χ1n) is 10.4. The molecule has 3 aromatic rings. The van der Waals surface area contributed by atoms with Crippen LogP contribution in [0.3, 0.4) is 0 Å². The van der Waals surface area contributed by atoms with Crippen LogP contribution in [0.1, 0.15) is 28.8 Å². The van der Waals surface area contributed by atoms with Gasteiger partial charge in [0.2, 0.25) is 11.8 Å². The van der Waals surface area contributed by atoms with Gasteiger partial charge in [0.15, 0.2) is 0 Å². The van der Waals surface area contributed by atoms with Gasteiger partial charge in [0.05, 0.1) is 11.0 Å². The number of hydrogen-bond donors (Lipinski definition) is 1. The quantitative estimate of drug-likeness (QED) is 0.467. The topological polar surface area (TPSA) is 86.0 Å². The van der Waals surface area contributed by atoms with E-state index in [0.717, 1.165) is 16.7 Å². The van der Waals surface area contributed by atoms with E-state index in [1.54, 1.807) is 12.1 Å². The molecule has 7 nitrogen and oxygen atoms in total. The van der Waals surface area contributed by atoms with Crippen molar-refractivity contribution >= 4 is 17.2 Å². The highest BCUT2D eigenvalue weighted by Gasteiger charge is 2.31. The summed E-state index contributed by atoms with van der Waals surface area (Å²) >= 11 is 0. The minimum Gasteiger partial charge on any atom is -0.476 e. The van der Waals surface area contributed by atoms with Crippen molar-refractivity contribution in [2.45, 2.75) is 12.1 Å². The highest BCUT2D eigenvalue weighted by molar-refractivity contribution is 6.20. The maximum Gasteiger partial charge on any atom is 0.269 e. The maximum absolute atomic E-state index is 11.1. The van der Waals surface area contributed by atoms with Crippen LogP contribution in [-0.4, -0.2) is 24.0 Å². The van der Waals surface area contributed by atoms with Crippen LogP contribution in [0.5, 0.6) is 0 Å². The van der Waals surface area contributed by atoms with Gasteiger partial charge in [-0.25, -0.2) is 4.99 Å². The third-order valence-corrected chi connectivity index (χ3v) is 5.54. The molecule has 0 spiro atoms. The van der Waals surface area contributed by atoms with E-state index in [9.17, 15) is 10.1 Å². The van der Waals surface area contributed by atoms with Gasteiger partial charge < -0.3 is 14.8 Å². The Kier molecular flexibility index (Phi) is 5.29. The van der Waals surface area contributed by atoms with Gasteiger partial charge in [-0.1, -0.05) is 60.7 Å². The van der Waals surface area contributed by atoms with Gasteiger partial charge in [-0.05, 0) is 28.8 Å². The second kappa shape index (κ2) is 8.55. The Balaban J connectivity index is 1.53. The Labute approximate surface area is 185 Å². The highest BCUT2D eigenvalue weighted by atomic mass is 16.6. The molecular formula is C25H21N3O4. The van der Waals surface area contributed by atoms with Crippen molar-refractivity contribution in [3.05, 3.63) is 118 Å². The number of rotatable bonds is 5. The molecule has 3 aromatic carbocycles. The van der Waals surface area contributed by atoms with Gasteiger partial charge >= 0.3 is 0 Å². The van der Waals surface area contributed by atoms with Gasteiger partial charge in [0.25, 0.3) is 5.69 Å². The van der Waals surface area contributed by atoms with E-state index in [1.165, 1.54) is 12.1 Å². The Morgan fingerprint density at radius 2 is 1.53 bits per heavy atom. The molecular weight excluding hydrogens is 406 g/mol. The van der Waals surface area contributed by atoms with Crippen LogP contribution < -0.4 is 5.32 Å². The van der Waals surface area contributed by atoms with Crippen molar-refractivity contribution in [2.24, 2.45) is 4.99 Å². The number of nitro groups is 1. The number of nitrogens with one attached hydrogen (secondary N) is 1. The zero-order chi connectivity index (χ0) is 21.9. The van der Waals surface area contributed by atoms with E-state index in [2.05, 4.69) is 5.32 Å². The first-order valence-corrected chi connectivity index (χ1v) is 10.4. The van der Waals surface area contributed by atoms with Crippen molar-refractivity contribution in [3.63, 3.8) is 0 Å². The van der Waals surface area contributed by atoms with Gasteiger partial charge in [-0.15, -0.1) is 0 Å². The lowest BCUT2D eigenvalue weighted by Gasteiger charge is -2.12. The van der Waals surface area contributed by atoms with Crippen LogP contribution in [0.15, 0.2) is 95.8 Å². The standard InChI is InChI=1S/C25H21N3O4/c29-28(30)20-13-11-19(12-14-20)23(24-26-21(15-31-24)17-7-3-1-4-8-17)25-27-22(16-32-25)18-9-5-2-6-10-18/h1-14,21-22,26H,15-16H2/b24-23-/t21-,22-/m0/s1. The van der Waals surface area contributed by atoms with E-state index in [-0.39, 0.29) is 17.8 Å². The summed E-state index contributed by atoms with van der Waals surface area (Å²) in [7, 11) is 0. The molecule has 32 heavy (non-hydrogen) atoms. The molecule has 160 valence electrons. The zero-order valence-corrected chi connectivity index (χ0v) is 17.2. The maximum atomic E-state index is 11.1. The SMILES string of the molecule is O=[N+]([O-])c1ccc(/C(C2=N[C@H](c3ccccc3)CO2)=C2\N[C@H](c3ccccc3)CO2)cc1. The molecule has 2 aliphatic heterocycles. The van der Waals surface area contributed by atoms with Crippen LogP contribution >= 0.6 is 0 Å². The molecule has 0 amide bonds. The van der Waals surface area contributed by atoms with Crippen LogP contribution in [-0.2, 0) is 9.47 Å². The summed E-state index contributed by atoms with van der Waals surface area (Å²) in [5.41, 5.74) is 3.60. The molecule has 5 rings (SSSR count). The van der Waals surface area contributed by atoms with E-state index in [0.29, 0.717) is 30.6 Å². The Bertz CT molecular complexity index is 1170. The Hall–Kier alpha value is -4.13. The fourth-order valence-electron chi connectivity index (χ4n) is 3.88. The molecule has 1 saturated heterocycles. The summed E-state index contributed by atoms with van der Waals surface area (Å²) in [6.07, 6.45) is 0. The fraction of sp³-hybridized carbons (Fsp3) is 0.160. The number of ether oxygens (including phenoxy) is 2. The zero-order valence-electron chi connectivity index (χ0n) is 17.2. The summed E-state index contributed by atoms with van der Waals surface area (Å²) < 4.78 is 12.0. The average molecular weight is 427 g/mol. The van der Waals surface area contributed by atoms with Gasteiger partial charge in [-0.2, -0.15) is 0 Å². The third kappa shape index (κ3) is 3.92. The smallest absolute Gasteiger partial charge is 0.269 e. The summed E-state index contributed by atoms with van der Waals surface area (Å²) in [5.74, 6) is 1.02. The van der Waals surface area contributed by atoms with E-state index >= 15 is 0 Å². The lowest BCUT2D eigenvalue weighted by atomic mass is 10.0. The van der Waals surface area contributed by atoms with Gasteiger partial charge in [0, 0.05) is 12.1 Å². The van der Waals surface area contributed by atoms with Crippen molar-refractivity contribution in [3.8, 4) is 0 Å². The summed E-state index contributed by atoms with van der Waals surface area (Å²) in [6, 6.07) is 26.2. The van der Waals surface area contributed by atoms with Crippen molar-refractivity contribution in [1.29, 1.82) is 0 Å². The Morgan fingerprint density at radius 3 is 2.19 bits per heavy atom. The largest absolute Gasteiger partial charge is 0.476 e. The second-order valence-electron chi connectivity index (χ2n) is 7.60. The fourth-order valence-corrected chi connectivity index (χ4v) is 3.88. The molecule has 0 saturated carbocycles.